The van der Waals surface area contributed by atoms with E-state index in [-0.39, 0.29) is 18.0 Å². The Bertz CT molecular complexity index is 616. The summed E-state index contributed by atoms with van der Waals surface area (Å²) < 4.78 is 2.26. The van der Waals surface area contributed by atoms with Crippen molar-refractivity contribution in [2.75, 3.05) is 19.6 Å². The highest BCUT2D eigenvalue weighted by Gasteiger charge is 2.15. The molecule has 0 bridgehead atoms. The average molecular weight is 364 g/mol. The highest BCUT2D eigenvalue weighted by molar-refractivity contribution is 5.85. The van der Waals surface area contributed by atoms with Crippen molar-refractivity contribution in [2.45, 2.75) is 71.9 Å². The van der Waals surface area contributed by atoms with Crippen LogP contribution in [0, 0.1) is 0 Å². The van der Waals surface area contributed by atoms with Gasteiger partial charge in [-0.15, -0.1) is 10.2 Å². The third-order valence-corrected chi connectivity index (χ3v) is 4.07. The molecule has 0 aliphatic carbocycles. The quantitative estimate of drug-likeness (QED) is 0.518. The van der Waals surface area contributed by atoms with E-state index >= 15 is 0 Å². The zero-order chi connectivity index (χ0) is 19.0. The number of aromatic nitrogens is 3. The summed E-state index contributed by atoms with van der Waals surface area (Å²) in [5, 5.41) is 18.0. The second-order valence-corrected chi connectivity index (χ2v) is 7.66. The molecular formula is C18H33N7O. The summed E-state index contributed by atoms with van der Waals surface area (Å²) in [5.74, 6) is 2.69. The molecule has 0 saturated carbocycles. The van der Waals surface area contributed by atoms with Gasteiger partial charge in [-0.25, -0.2) is 4.99 Å². The van der Waals surface area contributed by atoms with Gasteiger partial charge in [0, 0.05) is 38.0 Å². The van der Waals surface area contributed by atoms with Gasteiger partial charge in [0.15, 0.2) is 5.96 Å². The van der Waals surface area contributed by atoms with E-state index < -0.39 is 0 Å². The standard InChI is InChI=1S/C18H33N7O/c1-5-19-17(21-13-16(26)22-18(2,3)4)20-11-10-15-24-23-14-9-7-6-8-12-25(14)15/h5-13H2,1-4H3,(H,22,26)(H2,19,20,21). The third-order valence-electron chi connectivity index (χ3n) is 4.07. The molecule has 0 unspecified atom stereocenters. The maximum atomic E-state index is 11.9. The number of fused-ring (bicyclic) bond motifs is 1. The Morgan fingerprint density at radius 2 is 2.00 bits per heavy atom. The molecule has 8 nitrogen and oxygen atoms in total. The largest absolute Gasteiger partial charge is 0.357 e. The van der Waals surface area contributed by atoms with E-state index in [0.29, 0.717) is 12.5 Å². The first-order valence-electron chi connectivity index (χ1n) is 9.63. The number of aryl methyl sites for hydroxylation is 1. The molecular weight excluding hydrogens is 330 g/mol. The second-order valence-electron chi connectivity index (χ2n) is 7.66. The first-order chi connectivity index (χ1) is 12.4. The molecule has 2 rings (SSSR count). The normalized spacial score (nSPS) is 15.2. The Balaban J connectivity index is 1.85. The van der Waals surface area contributed by atoms with Crippen LogP contribution in [0.1, 0.15) is 58.6 Å². The number of carbonyl (C=O) groups excluding carboxylic acids is 1. The molecule has 1 aromatic rings. The van der Waals surface area contributed by atoms with Crippen molar-refractivity contribution in [3.63, 3.8) is 0 Å². The lowest BCUT2D eigenvalue weighted by atomic mass is 10.1. The average Bonchev–Trinajstić information content (AvgIpc) is 2.78. The lowest BCUT2D eigenvalue weighted by Gasteiger charge is -2.20. The number of guanidine groups is 1. The van der Waals surface area contributed by atoms with Crippen molar-refractivity contribution in [2.24, 2.45) is 4.99 Å². The van der Waals surface area contributed by atoms with Crippen LogP contribution in [-0.4, -0.2) is 51.8 Å². The van der Waals surface area contributed by atoms with E-state index in [1.54, 1.807) is 0 Å². The van der Waals surface area contributed by atoms with Crippen LogP contribution in [0.5, 0.6) is 0 Å². The monoisotopic (exact) mass is 363 g/mol. The number of rotatable bonds is 6. The lowest BCUT2D eigenvalue weighted by Crippen LogP contribution is -2.43. The van der Waals surface area contributed by atoms with E-state index in [1.165, 1.54) is 19.3 Å². The number of aliphatic imine (C=N–C) groups is 1. The summed E-state index contributed by atoms with van der Waals surface area (Å²) in [6.45, 7) is 10.4. The SMILES string of the molecule is CCNC(=NCC(=O)NC(C)(C)C)NCCc1nnc2n1CCCCC2. The smallest absolute Gasteiger partial charge is 0.242 e. The molecule has 2 heterocycles. The molecule has 1 aliphatic heterocycles. The Morgan fingerprint density at radius 1 is 1.19 bits per heavy atom. The number of carbonyl (C=O) groups is 1. The van der Waals surface area contributed by atoms with Gasteiger partial charge in [-0.1, -0.05) is 6.42 Å². The molecule has 0 aromatic carbocycles. The van der Waals surface area contributed by atoms with Crippen LogP contribution in [0.3, 0.4) is 0 Å². The Labute approximate surface area is 156 Å². The molecule has 1 aliphatic rings. The van der Waals surface area contributed by atoms with Gasteiger partial charge < -0.3 is 20.5 Å². The minimum atomic E-state index is -0.246. The summed E-state index contributed by atoms with van der Waals surface area (Å²) in [6.07, 6.45) is 5.45. The molecule has 0 spiro atoms. The van der Waals surface area contributed by atoms with Crippen molar-refractivity contribution in [3.05, 3.63) is 11.6 Å². The lowest BCUT2D eigenvalue weighted by molar-refractivity contribution is -0.121. The third kappa shape index (κ3) is 6.65. The van der Waals surface area contributed by atoms with Gasteiger partial charge in [-0.2, -0.15) is 0 Å². The molecule has 0 atom stereocenters. The van der Waals surface area contributed by atoms with Gasteiger partial charge in [-0.05, 0) is 40.5 Å². The highest BCUT2D eigenvalue weighted by Crippen LogP contribution is 2.14. The summed E-state index contributed by atoms with van der Waals surface area (Å²) in [6, 6.07) is 0. The topological polar surface area (TPSA) is 96.2 Å². The fourth-order valence-corrected chi connectivity index (χ4v) is 2.97. The maximum Gasteiger partial charge on any atom is 0.242 e. The molecule has 1 aromatic heterocycles. The number of nitrogens with zero attached hydrogens (tertiary/aromatic N) is 4. The summed E-state index contributed by atoms with van der Waals surface area (Å²) in [5.41, 5.74) is -0.246. The van der Waals surface area contributed by atoms with Crippen molar-refractivity contribution < 1.29 is 4.79 Å². The van der Waals surface area contributed by atoms with Crippen LogP contribution in [0.25, 0.3) is 0 Å². The minimum Gasteiger partial charge on any atom is -0.357 e. The predicted octanol–water partition coefficient (Wildman–Crippen LogP) is 1.02. The van der Waals surface area contributed by atoms with Gasteiger partial charge in [0.25, 0.3) is 0 Å². The molecule has 3 N–H and O–H groups in total. The first kappa shape index (κ1) is 20.2. The predicted molar refractivity (Wildman–Crippen MR) is 103 cm³/mol. The molecule has 0 fully saturated rings. The number of hydrogen-bond donors (Lipinski definition) is 3. The highest BCUT2D eigenvalue weighted by atomic mass is 16.2. The van der Waals surface area contributed by atoms with Gasteiger partial charge >= 0.3 is 0 Å². The summed E-state index contributed by atoms with van der Waals surface area (Å²) in [4.78, 5) is 16.3. The maximum absolute atomic E-state index is 11.9. The number of hydrogen-bond acceptors (Lipinski definition) is 4. The number of amides is 1. The van der Waals surface area contributed by atoms with E-state index in [2.05, 4.69) is 35.7 Å². The molecule has 1 amide bonds. The van der Waals surface area contributed by atoms with Gasteiger partial charge in [0.2, 0.25) is 5.91 Å². The molecule has 0 radical (unpaired) electrons. The molecule has 0 saturated heterocycles. The summed E-state index contributed by atoms with van der Waals surface area (Å²) >= 11 is 0. The van der Waals surface area contributed by atoms with Gasteiger partial charge in [0.1, 0.15) is 18.2 Å². The van der Waals surface area contributed by atoms with Crippen LogP contribution in [0.15, 0.2) is 4.99 Å². The van der Waals surface area contributed by atoms with Crippen molar-refractivity contribution in [1.82, 2.24) is 30.7 Å². The van der Waals surface area contributed by atoms with Crippen LogP contribution in [0.2, 0.25) is 0 Å². The second kappa shape index (κ2) is 9.54. The van der Waals surface area contributed by atoms with Crippen LogP contribution in [0.4, 0.5) is 0 Å². The van der Waals surface area contributed by atoms with Crippen LogP contribution in [-0.2, 0) is 24.2 Å². The molecule has 8 heteroatoms. The van der Waals surface area contributed by atoms with Crippen molar-refractivity contribution in [1.29, 1.82) is 0 Å². The fourth-order valence-electron chi connectivity index (χ4n) is 2.97. The van der Waals surface area contributed by atoms with E-state index in [4.69, 9.17) is 0 Å². The van der Waals surface area contributed by atoms with E-state index in [9.17, 15) is 4.79 Å². The Morgan fingerprint density at radius 3 is 2.73 bits per heavy atom. The van der Waals surface area contributed by atoms with Gasteiger partial charge in [-0.3, -0.25) is 4.79 Å². The Hall–Kier alpha value is -2.12. The number of nitrogens with one attached hydrogen (secondary N) is 3. The van der Waals surface area contributed by atoms with Crippen molar-refractivity contribution in [3.8, 4) is 0 Å². The molecule has 26 heavy (non-hydrogen) atoms. The van der Waals surface area contributed by atoms with Gasteiger partial charge in [0.05, 0.1) is 0 Å². The minimum absolute atomic E-state index is 0.0857. The zero-order valence-electron chi connectivity index (χ0n) is 16.6. The van der Waals surface area contributed by atoms with Crippen LogP contribution < -0.4 is 16.0 Å². The molecule has 146 valence electrons. The van der Waals surface area contributed by atoms with E-state index in [0.717, 1.165) is 37.6 Å². The first-order valence-corrected chi connectivity index (χ1v) is 9.63. The fraction of sp³-hybridized carbons (Fsp3) is 0.778. The zero-order valence-corrected chi connectivity index (χ0v) is 16.6. The van der Waals surface area contributed by atoms with E-state index in [1.807, 2.05) is 27.7 Å². The van der Waals surface area contributed by atoms with Crippen LogP contribution >= 0.6 is 0 Å². The van der Waals surface area contributed by atoms with Crippen molar-refractivity contribution >= 4 is 11.9 Å². The Kier molecular flexibility index (Phi) is 7.41. The summed E-state index contributed by atoms with van der Waals surface area (Å²) in [7, 11) is 0.